The van der Waals surface area contributed by atoms with Gasteiger partial charge in [-0.2, -0.15) is 12.6 Å². The zero-order valence-electron chi connectivity index (χ0n) is 9.15. The van der Waals surface area contributed by atoms with Crippen molar-refractivity contribution in [1.29, 1.82) is 5.41 Å². The third-order valence-electron chi connectivity index (χ3n) is 1.46. The maximum Gasteiger partial charge on any atom is 0.321 e. The Morgan fingerprint density at radius 1 is 1.50 bits per heavy atom. The van der Waals surface area contributed by atoms with Crippen molar-refractivity contribution in [1.82, 2.24) is 5.32 Å². The van der Waals surface area contributed by atoms with Gasteiger partial charge >= 0.3 is 5.97 Å². The molecule has 9 N–H and O–H groups in total. The summed E-state index contributed by atoms with van der Waals surface area (Å²) in [6.07, 6.45) is 1.97. The van der Waals surface area contributed by atoms with Crippen LogP contribution in [0, 0.1) is 5.41 Å². The first-order valence-electron chi connectivity index (χ1n) is 4.82. The zero-order valence-corrected chi connectivity index (χ0v) is 10.0. The van der Waals surface area contributed by atoms with Crippen molar-refractivity contribution in [2.24, 2.45) is 17.2 Å². The van der Waals surface area contributed by atoms with Crippen LogP contribution in [0.2, 0.25) is 0 Å². The summed E-state index contributed by atoms with van der Waals surface area (Å²) in [5, 5.41) is 17.5. The Hall–Kier alpha value is -0.990. The van der Waals surface area contributed by atoms with Crippen molar-refractivity contribution in [3.8, 4) is 0 Å². The highest BCUT2D eigenvalue weighted by molar-refractivity contribution is 7.80. The van der Waals surface area contributed by atoms with E-state index in [1.807, 2.05) is 0 Å². The molecule has 0 spiro atoms. The lowest BCUT2D eigenvalue weighted by Gasteiger charge is -2.00. The molecule has 0 amide bonds. The molecule has 0 fully saturated rings. The second-order valence-corrected chi connectivity index (χ2v) is 3.33. The van der Waals surface area contributed by atoms with Crippen LogP contribution in [-0.2, 0) is 4.79 Å². The van der Waals surface area contributed by atoms with E-state index < -0.39 is 12.0 Å². The first kappa shape index (κ1) is 17.4. The maximum atomic E-state index is 9.76. The molecule has 0 aliphatic heterocycles. The normalized spacial score (nSPS) is 10.9. The Balaban J connectivity index is 0. The third-order valence-corrected chi connectivity index (χ3v) is 1.85. The van der Waals surface area contributed by atoms with Crippen molar-refractivity contribution < 1.29 is 9.90 Å². The molecule has 0 unspecified atom stereocenters. The Morgan fingerprint density at radius 3 is 2.31 bits per heavy atom. The van der Waals surface area contributed by atoms with E-state index in [-0.39, 0.29) is 11.7 Å². The van der Waals surface area contributed by atoms with Crippen LogP contribution in [-0.4, -0.2) is 41.9 Å². The van der Waals surface area contributed by atoms with Gasteiger partial charge in [-0.3, -0.25) is 10.2 Å². The molecule has 96 valence electrons. The largest absolute Gasteiger partial charge is 0.480 e. The fourth-order valence-corrected chi connectivity index (χ4v) is 0.727. The summed E-state index contributed by atoms with van der Waals surface area (Å²) < 4.78 is 0. The first-order valence-corrected chi connectivity index (χ1v) is 5.46. The summed E-state index contributed by atoms with van der Waals surface area (Å²) in [6.45, 7) is 1.46. The topological polar surface area (TPSA) is 151 Å². The number of thiol groups is 1. The van der Waals surface area contributed by atoms with Gasteiger partial charge in [-0.1, -0.05) is 0 Å². The molecule has 0 saturated heterocycles. The van der Waals surface area contributed by atoms with Gasteiger partial charge < -0.3 is 27.6 Å². The van der Waals surface area contributed by atoms with Gasteiger partial charge in [0.1, 0.15) is 6.04 Å². The Morgan fingerprint density at radius 2 is 2.06 bits per heavy atom. The molecule has 0 aliphatic rings. The van der Waals surface area contributed by atoms with Crippen LogP contribution in [0.25, 0.3) is 0 Å². The highest BCUT2D eigenvalue weighted by atomic mass is 32.1. The summed E-state index contributed by atoms with van der Waals surface area (Å²) in [7, 11) is 0. The monoisotopic (exact) mass is 251 g/mol. The Bertz CT molecular complexity index is 203. The number of unbranched alkanes of at least 4 members (excludes halogenated alkanes) is 1. The number of hydrogen-bond donors (Lipinski definition) is 7. The summed E-state index contributed by atoms with van der Waals surface area (Å²) in [5.41, 5.74) is 15.2. The second kappa shape index (κ2) is 12.1. The van der Waals surface area contributed by atoms with Crippen LogP contribution in [0.15, 0.2) is 0 Å². The fourth-order valence-electron chi connectivity index (χ4n) is 0.570. The molecule has 0 aromatic heterocycles. The molecule has 0 rings (SSSR count). The molecule has 0 saturated carbocycles. The number of carboxylic acid groups (broad SMARTS) is 1. The molecule has 8 heteroatoms. The van der Waals surface area contributed by atoms with Gasteiger partial charge in [0.15, 0.2) is 5.96 Å². The molecule has 0 bridgehead atoms. The van der Waals surface area contributed by atoms with E-state index in [9.17, 15) is 4.79 Å². The molecule has 0 heterocycles. The Labute approximate surface area is 101 Å². The van der Waals surface area contributed by atoms with Crippen LogP contribution in [0.5, 0.6) is 0 Å². The molecular weight excluding hydrogens is 230 g/mol. The zero-order chi connectivity index (χ0) is 13.0. The molecule has 1 atom stereocenters. The standard InChI is InChI=1S/C5H14N4.C3H7NO2S/c6-3-1-2-4-9-5(7)8;4-2(1-7)3(5)6/h1-4,6H2,(H4,7,8,9);2,7H,1,4H2,(H,5,6)/t;2-/m.0/s1. The number of carbonyl (C=O) groups is 1. The summed E-state index contributed by atoms with van der Waals surface area (Å²) in [6, 6.07) is -0.816. The maximum absolute atomic E-state index is 9.76. The van der Waals surface area contributed by atoms with Gasteiger partial charge in [0.25, 0.3) is 0 Å². The van der Waals surface area contributed by atoms with Crippen LogP contribution in [0.3, 0.4) is 0 Å². The minimum Gasteiger partial charge on any atom is -0.480 e. The first-order chi connectivity index (χ1) is 7.45. The number of aliphatic carboxylic acids is 1. The molecule has 0 aromatic rings. The lowest BCUT2D eigenvalue weighted by Crippen LogP contribution is -2.31. The average Bonchev–Trinajstić information content (AvgIpc) is 2.23. The summed E-state index contributed by atoms with van der Waals surface area (Å²) >= 11 is 3.65. The minimum atomic E-state index is -1.00. The lowest BCUT2D eigenvalue weighted by molar-refractivity contribution is -0.137. The number of hydrogen-bond acceptors (Lipinski definition) is 5. The second-order valence-electron chi connectivity index (χ2n) is 2.96. The Kier molecular flexibility index (Phi) is 13.1. The molecule has 0 radical (unpaired) electrons. The minimum absolute atomic E-state index is 0.0343. The van der Waals surface area contributed by atoms with Crippen molar-refractivity contribution in [3.05, 3.63) is 0 Å². The molecule has 0 aliphatic carbocycles. The summed E-state index contributed by atoms with van der Waals surface area (Å²) in [4.78, 5) is 9.76. The van der Waals surface area contributed by atoms with E-state index >= 15 is 0 Å². The quantitative estimate of drug-likeness (QED) is 0.133. The van der Waals surface area contributed by atoms with Crippen LogP contribution < -0.4 is 22.5 Å². The van der Waals surface area contributed by atoms with E-state index in [4.69, 9.17) is 27.7 Å². The molecular formula is C8H21N5O2S. The van der Waals surface area contributed by atoms with Crippen molar-refractivity contribution in [2.75, 3.05) is 18.8 Å². The van der Waals surface area contributed by atoms with Gasteiger partial charge in [0.05, 0.1) is 0 Å². The smallest absolute Gasteiger partial charge is 0.321 e. The molecule has 16 heavy (non-hydrogen) atoms. The molecule has 0 aromatic carbocycles. The van der Waals surface area contributed by atoms with Crippen molar-refractivity contribution >= 4 is 24.6 Å². The van der Waals surface area contributed by atoms with Gasteiger partial charge in [0.2, 0.25) is 0 Å². The molecule has 7 nitrogen and oxygen atoms in total. The number of guanidine groups is 1. The van der Waals surface area contributed by atoms with E-state index in [0.717, 1.165) is 19.4 Å². The lowest BCUT2D eigenvalue weighted by atomic mass is 10.3. The predicted molar refractivity (Wildman–Crippen MR) is 67.7 cm³/mol. The van der Waals surface area contributed by atoms with Crippen molar-refractivity contribution in [3.63, 3.8) is 0 Å². The van der Waals surface area contributed by atoms with E-state index in [1.54, 1.807) is 0 Å². The number of nitrogens with two attached hydrogens (primary N) is 3. The van der Waals surface area contributed by atoms with E-state index in [2.05, 4.69) is 17.9 Å². The van der Waals surface area contributed by atoms with Crippen LogP contribution in [0.4, 0.5) is 0 Å². The van der Waals surface area contributed by atoms with Crippen molar-refractivity contribution in [2.45, 2.75) is 18.9 Å². The van der Waals surface area contributed by atoms with Crippen LogP contribution in [0.1, 0.15) is 12.8 Å². The highest BCUT2D eigenvalue weighted by Crippen LogP contribution is 1.80. The van der Waals surface area contributed by atoms with Crippen LogP contribution >= 0.6 is 12.6 Å². The van der Waals surface area contributed by atoms with Gasteiger partial charge in [-0.05, 0) is 19.4 Å². The fraction of sp³-hybridized carbons (Fsp3) is 0.750. The predicted octanol–water partition coefficient (Wildman–Crippen LogP) is -1.46. The van der Waals surface area contributed by atoms with Gasteiger partial charge in [-0.25, -0.2) is 0 Å². The average molecular weight is 251 g/mol. The highest BCUT2D eigenvalue weighted by Gasteiger charge is 2.06. The third kappa shape index (κ3) is 15.5. The van der Waals surface area contributed by atoms with E-state index in [1.165, 1.54) is 0 Å². The van der Waals surface area contributed by atoms with Gasteiger partial charge in [0, 0.05) is 12.3 Å². The summed E-state index contributed by atoms with van der Waals surface area (Å²) in [5.74, 6) is -0.781. The van der Waals surface area contributed by atoms with E-state index in [0.29, 0.717) is 6.54 Å². The van der Waals surface area contributed by atoms with Gasteiger partial charge in [-0.15, -0.1) is 0 Å². The number of rotatable bonds is 6. The SMILES string of the molecule is N=C(N)NCCCCN.N[C@@H](CS)C(=O)O. The number of nitrogens with one attached hydrogen (secondary N) is 2. The number of carboxylic acids is 1.